The van der Waals surface area contributed by atoms with Crippen LogP contribution in [0.1, 0.15) is 6.92 Å². The molecule has 2 heterocycles. The van der Waals surface area contributed by atoms with E-state index in [1.807, 2.05) is 13.0 Å². The smallest absolute Gasteiger partial charge is 0.261 e. The quantitative estimate of drug-likeness (QED) is 0.625. The van der Waals surface area contributed by atoms with E-state index >= 15 is 0 Å². The third-order valence-corrected chi connectivity index (χ3v) is 3.05. The molecule has 0 aliphatic carbocycles. The van der Waals surface area contributed by atoms with E-state index in [1.54, 1.807) is 0 Å². The second-order valence-corrected chi connectivity index (χ2v) is 4.34. The molecule has 2 rings (SSSR count). The minimum Gasteiger partial charge on any atom is -0.271 e. The Labute approximate surface area is 85.0 Å². The van der Waals surface area contributed by atoms with Gasteiger partial charge in [-0.25, -0.2) is 4.99 Å². The topological polar surface area (TPSA) is 41.8 Å². The van der Waals surface area contributed by atoms with Crippen molar-refractivity contribution in [1.29, 1.82) is 0 Å². The number of nitrogens with zero attached hydrogens (tertiary/aromatic N) is 2. The third-order valence-electron chi connectivity index (χ3n) is 1.80. The summed E-state index contributed by atoms with van der Waals surface area (Å²) in [5.41, 5.74) is 0. The molecule has 1 amide bonds. The minimum atomic E-state index is -0.239. The van der Waals surface area contributed by atoms with E-state index in [0.29, 0.717) is 5.84 Å². The number of aliphatic imine (C=N–C) groups is 2. The van der Waals surface area contributed by atoms with Crippen molar-refractivity contribution in [3.63, 3.8) is 0 Å². The van der Waals surface area contributed by atoms with Crippen LogP contribution in [0.25, 0.3) is 0 Å². The molecule has 0 saturated heterocycles. The maximum absolute atomic E-state index is 11.4. The van der Waals surface area contributed by atoms with E-state index in [2.05, 4.69) is 9.98 Å². The lowest BCUT2D eigenvalue weighted by molar-refractivity contribution is -0.118. The van der Waals surface area contributed by atoms with Crippen molar-refractivity contribution in [1.82, 2.24) is 0 Å². The molecular weight excluding hydrogens is 208 g/mol. The third kappa shape index (κ3) is 1.56. The highest BCUT2D eigenvalue weighted by Crippen LogP contribution is 2.34. The zero-order chi connectivity index (χ0) is 9.42. The van der Waals surface area contributed by atoms with Crippen LogP contribution in [0.2, 0.25) is 0 Å². The van der Waals surface area contributed by atoms with Gasteiger partial charge in [-0.05, 0) is 11.8 Å². The van der Waals surface area contributed by atoms with E-state index < -0.39 is 0 Å². The zero-order valence-electron chi connectivity index (χ0n) is 6.95. The maximum atomic E-state index is 11.4. The Hall–Kier alpha value is -0.610. The largest absolute Gasteiger partial charge is 0.271 e. The van der Waals surface area contributed by atoms with Gasteiger partial charge in [0.15, 0.2) is 0 Å². The second kappa shape index (κ2) is 3.27. The number of hydrogen-bond acceptors (Lipinski definition) is 3. The summed E-state index contributed by atoms with van der Waals surface area (Å²) in [7, 11) is 0. The van der Waals surface area contributed by atoms with Crippen LogP contribution in [0.15, 0.2) is 21.0 Å². The van der Waals surface area contributed by atoms with Gasteiger partial charge in [0, 0.05) is 0 Å². The highest BCUT2D eigenvalue weighted by atomic mass is 35.5. The normalized spacial score (nSPS) is 26.5. The molecule has 1 atom stereocenters. The maximum Gasteiger partial charge on any atom is 0.261 e. The fourth-order valence-corrected chi connectivity index (χ4v) is 2.35. The summed E-state index contributed by atoms with van der Waals surface area (Å²) in [6.45, 7) is 1.96. The van der Waals surface area contributed by atoms with Crippen molar-refractivity contribution in [3.05, 3.63) is 11.0 Å². The first-order chi connectivity index (χ1) is 6.20. The standard InChI is InChI=1S/C8H7ClN2OS/c1-4-2-5-7(12)10-6(3-9)11-8(5)13-4/h2,5H,3H2,1H3. The number of halogens is 1. The van der Waals surface area contributed by atoms with Crippen LogP contribution in [-0.2, 0) is 4.79 Å². The number of hydrogen-bond donors (Lipinski definition) is 0. The highest BCUT2D eigenvalue weighted by Gasteiger charge is 2.31. The first-order valence-electron chi connectivity index (χ1n) is 3.83. The molecule has 5 heteroatoms. The Balaban J connectivity index is 2.34. The van der Waals surface area contributed by atoms with Gasteiger partial charge in [-0.2, -0.15) is 4.99 Å². The molecule has 2 aliphatic heterocycles. The summed E-state index contributed by atoms with van der Waals surface area (Å²) in [4.78, 5) is 20.5. The lowest BCUT2D eigenvalue weighted by Crippen LogP contribution is -2.23. The Bertz CT molecular complexity index is 359. The van der Waals surface area contributed by atoms with E-state index in [4.69, 9.17) is 11.6 Å². The van der Waals surface area contributed by atoms with Crippen LogP contribution < -0.4 is 0 Å². The molecule has 2 aliphatic rings. The average molecular weight is 215 g/mol. The first kappa shape index (κ1) is 8.97. The van der Waals surface area contributed by atoms with Crippen molar-refractivity contribution < 1.29 is 4.79 Å². The van der Waals surface area contributed by atoms with Crippen molar-refractivity contribution in [2.45, 2.75) is 6.92 Å². The molecule has 3 nitrogen and oxygen atoms in total. The molecule has 0 N–H and O–H groups in total. The summed E-state index contributed by atoms with van der Waals surface area (Å²) in [6.07, 6.45) is 1.89. The lowest BCUT2D eigenvalue weighted by Gasteiger charge is -2.10. The van der Waals surface area contributed by atoms with Crippen LogP contribution in [0.5, 0.6) is 0 Å². The molecule has 1 unspecified atom stereocenters. The number of thioether (sulfide) groups is 1. The fourth-order valence-electron chi connectivity index (χ4n) is 1.25. The summed E-state index contributed by atoms with van der Waals surface area (Å²) in [5, 5.41) is 0.813. The van der Waals surface area contributed by atoms with Gasteiger partial charge in [0.25, 0.3) is 5.91 Å². The predicted molar refractivity (Wildman–Crippen MR) is 55.4 cm³/mol. The van der Waals surface area contributed by atoms with E-state index in [9.17, 15) is 4.79 Å². The number of allylic oxidation sites excluding steroid dienone is 1. The number of fused-ring (bicyclic) bond motifs is 1. The van der Waals surface area contributed by atoms with Crippen LogP contribution >= 0.6 is 23.4 Å². The van der Waals surface area contributed by atoms with Crippen LogP contribution in [0, 0.1) is 5.92 Å². The van der Waals surface area contributed by atoms with E-state index in [0.717, 1.165) is 9.95 Å². The molecule has 0 aromatic heterocycles. The number of rotatable bonds is 1. The van der Waals surface area contributed by atoms with Gasteiger partial charge in [0.2, 0.25) is 0 Å². The summed E-state index contributed by atoms with van der Waals surface area (Å²) < 4.78 is 0. The Kier molecular flexibility index (Phi) is 2.26. The number of alkyl halides is 1. The molecule has 0 aromatic rings. The molecule has 0 aromatic carbocycles. The molecule has 0 saturated carbocycles. The van der Waals surface area contributed by atoms with Crippen LogP contribution in [0.3, 0.4) is 0 Å². The van der Waals surface area contributed by atoms with Crippen molar-refractivity contribution in [2.24, 2.45) is 15.9 Å². The summed E-state index contributed by atoms with van der Waals surface area (Å²) in [5.74, 6) is 0.233. The fraction of sp³-hybridized carbons (Fsp3) is 0.375. The van der Waals surface area contributed by atoms with Gasteiger partial charge in [-0.15, -0.1) is 11.6 Å². The van der Waals surface area contributed by atoms with E-state index in [1.165, 1.54) is 11.8 Å². The minimum absolute atomic E-state index is 0.148. The number of amidine groups is 1. The van der Waals surface area contributed by atoms with Gasteiger partial charge >= 0.3 is 0 Å². The molecular formula is C8H7ClN2OS. The Morgan fingerprint density at radius 1 is 1.62 bits per heavy atom. The first-order valence-corrected chi connectivity index (χ1v) is 5.18. The van der Waals surface area contributed by atoms with Crippen molar-refractivity contribution in [3.8, 4) is 0 Å². The average Bonchev–Trinajstić information content (AvgIpc) is 2.46. The number of carbonyl (C=O) groups excluding carboxylic acids is 1. The van der Waals surface area contributed by atoms with Gasteiger partial charge in [-0.3, -0.25) is 4.79 Å². The summed E-state index contributed by atoms with van der Waals surface area (Å²) >= 11 is 7.08. The van der Waals surface area contributed by atoms with Gasteiger partial charge < -0.3 is 0 Å². The Morgan fingerprint density at radius 2 is 2.38 bits per heavy atom. The predicted octanol–water partition coefficient (Wildman–Crippen LogP) is 1.83. The van der Waals surface area contributed by atoms with Gasteiger partial charge in [-0.1, -0.05) is 17.8 Å². The SMILES string of the molecule is CC1=CC2C(=O)N=C(CCl)N=C2S1. The van der Waals surface area contributed by atoms with E-state index in [-0.39, 0.29) is 17.7 Å². The van der Waals surface area contributed by atoms with Crippen molar-refractivity contribution >= 4 is 40.1 Å². The second-order valence-electron chi connectivity index (χ2n) is 2.81. The molecule has 68 valence electrons. The Morgan fingerprint density at radius 3 is 3.08 bits per heavy atom. The lowest BCUT2D eigenvalue weighted by atomic mass is 10.1. The van der Waals surface area contributed by atoms with Gasteiger partial charge in [0.1, 0.15) is 11.8 Å². The van der Waals surface area contributed by atoms with Crippen molar-refractivity contribution in [2.75, 3.05) is 5.88 Å². The molecule has 0 bridgehead atoms. The highest BCUT2D eigenvalue weighted by molar-refractivity contribution is 8.17. The molecule has 13 heavy (non-hydrogen) atoms. The van der Waals surface area contributed by atoms with Crippen LogP contribution in [-0.4, -0.2) is 22.7 Å². The molecule has 0 spiro atoms. The monoisotopic (exact) mass is 214 g/mol. The zero-order valence-corrected chi connectivity index (χ0v) is 8.52. The van der Waals surface area contributed by atoms with Crippen LogP contribution in [0.4, 0.5) is 0 Å². The summed E-state index contributed by atoms with van der Waals surface area (Å²) in [6, 6.07) is 0. The van der Waals surface area contributed by atoms with Gasteiger partial charge in [0.05, 0.1) is 10.9 Å². The number of carbonyl (C=O) groups is 1. The molecule has 0 radical (unpaired) electrons. The number of amides is 1. The molecule has 0 fully saturated rings.